The molecule has 0 aliphatic rings. The minimum atomic E-state index is -3.38. The van der Waals surface area contributed by atoms with Gasteiger partial charge in [0.25, 0.3) is 0 Å². The standard InChI is InChI=1S/C16H28N4O2S.HI/c1-5-7-12-18-16(17-6-2)19-13-14-8-10-15(11-9-14)23(21,22)20(3)4;/h8-11H,5-7,12-13H2,1-4H3,(H2,17,18,19);1H. The Balaban J connectivity index is 0.00000529. The molecule has 0 saturated carbocycles. The SMILES string of the molecule is CCCCNC(=NCc1ccc(S(=O)(=O)N(C)C)cc1)NCC.I. The molecule has 24 heavy (non-hydrogen) atoms. The summed E-state index contributed by atoms with van der Waals surface area (Å²) in [4.78, 5) is 4.81. The van der Waals surface area contributed by atoms with Crippen LogP contribution in [0.4, 0.5) is 0 Å². The molecular weight excluding hydrogens is 439 g/mol. The quantitative estimate of drug-likeness (QED) is 0.266. The summed E-state index contributed by atoms with van der Waals surface area (Å²) >= 11 is 0. The predicted octanol–water partition coefficient (Wildman–Crippen LogP) is 2.41. The van der Waals surface area contributed by atoms with Crippen molar-refractivity contribution in [2.45, 2.75) is 38.1 Å². The van der Waals surface area contributed by atoms with Crippen molar-refractivity contribution < 1.29 is 8.42 Å². The van der Waals surface area contributed by atoms with Gasteiger partial charge < -0.3 is 10.6 Å². The van der Waals surface area contributed by atoms with Gasteiger partial charge in [0.15, 0.2) is 5.96 Å². The Bertz CT molecular complexity index is 601. The van der Waals surface area contributed by atoms with Crippen molar-refractivity contribution in [1.29, 1.82) is 0 Å². The highest BCUT2D eigenvalue weighted by Crippen LogP contribution is 2.14. The fraction of sp³-hybridized carbons (Fsp3) is 0.562. The van der Waals surface area contributed by atoms with Crippen molar-refractivity contribution in [3.05, 3.63) is 29.8 Å². The summed E-state index contributed by atoms with van der Waals surface area (Å²) in [6.07, 6.45) is 2.23. The van der Waals surface area contributed by atoms with E-state index in [1.54, 1.807) is 24.3 Å². The number of hydrogen-bond donors (Lipinski definition) is 2. The molecule has 0 unspecified atom stereocenters. The Labute approximate surface area is 163 Å². The zero-order valence-corrected chi connectivity index (χ0v) is 18.0. The lowest BCUT2D eigenvalue weighted by Gasteiger charge is -2.12. The maximum Gasteiger partial charge on any atom is 0.242 e. The van der Waals surface area contributed by atoms with Crippen molar-refractivity contribution in [1.82, 2.24) is 14.9 Å². The topological polar surface area (TPSA) is 73.8 Å². The fourth-order valence-electron chi connectivity index (χ4n) is 1.87. The third kappa shape index (κ3) is 7.35. The van der Waals surface area contributed by atoms with E-state index in [2.05, 4.69) is 22.5 Å². The maximum absolute atomic E-state index is 12.0. The second-order valence-electron chi connectivity index (χ2n) is 5.41. The summed E-state index contributed by atoms with van der Waals surface area (Å²) < 4.78 is 25.2. The summed E-state index contributed by atoms with van der Waals surface area (Å²) in [5, 5.41) is 6.48. The monoisotopic (exact) mass is 468 g/mol. The maximum atomic E-state index is 12.0. The third-order valence-corrected chi connectivity index (χ3v) is 5.12. The van der Waals surface area contributed by atoms with E-state index in [1.165, 1.54) is 18.4 Å². The fourth-order valence-corrected chi connectivity index (χ4v) is 2.77. The van der Waals surface area contributed by atoms with E-state index in [0.29, 0.717) is 11.4 Å². The Morgan fingerprint density at radius 3 is 2.25 bits per heavy atom. The van der Waals surface area contributed by atoms with Crippen LogP contribution in [0.25, 0.3) is 0 Å². The predicted molar refractivity (Wildman–Crippen MR) is 110 cm³/mol. The van der Waals surface area contributed by atoms with Gasteiger partial charge in [0, 0.05) is 27.2 Å². The summed E-state index contributed by atoms with van der Waals surface area (Å²) in [7, 11) is -0.324. The number of benzene rings is 1. The Morgan fingerprint density at radius 1 is 1.12 bits per heavy atom. The molecule has 0 radical (unpaired) electrons. The van der Waals surface area contributed by atoms with Crippen LogP contribution in [0, 0.1) is 0 Å². The van der Waals surface area contributed by atoms with Gasteiger partial charge in [-0.05, 0) is 31.0 Å². The van der Waals surface area contributed by atoms with Crippen LogP contribution in [0.15, 0.2) is 34.2 Å². The zero-order chi connectivity index (χ0) is 17.3. The zero-order valence-electron chi connectivity index (χ0n) is 14.9. The molecule has 2 N–H and O–H groups in total. The Morgan fingerprint density at radius 2 is 1.75 bits per heavy atom. The van der Waals surface area contributed by atoms with Gasteiger partial charge in [0.05, 0.1) is 11.4 Å². The number of unbranched alkanes of at least 4 members (excludes halogenated alkanes) is 1. The van der Waals surface area contributed by atoms with Gasteiger partial charge in [0.2, 0.25) is 10.0 Å². The summed E-state index contributed by atoms with van der Waals surface area (Å²) in [5.41, 5.74) is 0.968. The van der Waals surface area contributed by atoms with Gasteiger partial charge >= 0.3 is 0 Å². The summed E-state index contributed by atoms with van der Waals surface area (Å²) in [6, 6.07) is 6.85. The number of nitrogens with zero attached hydrogens (tertiary/aromatic N) is 2. The van der Waals surface area contributed by atoms with Crippen molar-refractivity contribution in [2.75, 3.05) is 27.2 Å². The van der Waals surface area contributed by atoms with Gasteiger partial charge in [-0.2, -0.15) is 0 Å². The van der Waals surface area contributed by atoms with Crippen LogP contribution < -0.4 is 10.6 Å². The molecule has 1 aromatic carbocycles. The Hall–Kier alpha value is -0.870. The Kier molecular flexibility index (Phi) is 11.2. The molecule has 0 atom stereocenters. The van der Waals surface area contributed by atoms with E-state index in [0.717, 1.165) is 37.5 Å². The number of guanidine groups is 1. The van der Waals surface area contributed by atoms with Crippen LogP contribution in [0.3, 0.4) is 0 Å². The normalized spacial score (nSPS) is 12.0. The van der Waals surface area contributed by atoms with E-state index in [1.807, 2.05) is 6.92 Å². The third-order valence-electron chi connectivity index (χ3n) is 3.29. The molecule has 138 valence electrons. The highest BCUT2D eigenvalue weighted by atomic mass is 127. The molecule has 0 fully saturated rings. The van der Waals surface area contributed by atoms with Crippen molar-refractivity contribution in [3.63, 3.8) is 0 Å². The number of rotatable bonds is 8. The van der Waals surface area contributed by atoms with Crippen LogP contribution in [0.5, 0.6) is 0 Å². The molecule has 8 heteroatoms. The first kappa shape index (κ1) is 23.1. The van der Waals surface area contributed by atoms with Gasteiger partial charge in [-0.1, -0.05) is 25.5 Å². The van der Waals surface area contributed by atoms with Gasteiger partial charge in [-0.15, -0.1) is 24.0 Å². The molecule has 0 aliphatic carbocycles. The molecule has 0 saturated heterocycles. The molecule has 6 nitrogen and oxygen atoms in total. The number of sulfonamides is 1. The second-order valence-corrected chi connectivity index (χ2v) is 7.56. The van der Waals surface area contributed by atoms with Gasteiger partial charge in [-0.3, -0.25) is 0 Å². The highest BCUT2D eigenvalue weighted by Gasteiger charge is 2.16. The molecule has 1 rings (SSSR count). The molecule has 0 bridgehead atoms. The van der Waals surface area contributed by atoms with Crippen molar-refractivity contribution >= 4 is 40.0 Å². The molecule has 0 amide bonds. The molecule has 0 spiro atoms. The van der Waals surface area contributed by atoms with E-state index in [9.17, 15) is 8.42 Å². The lowest BCUT2D eigenvalue weighted by Crippen LogP contribution is -2.37. The minimum Gasteiger partial charge on any atom is -0.357 e. The smallest absolute Gasteiger partial charge is 0.242 e. The lowest BCUT2D eigenvalue weighted by molar-refractivity contribution is 0.520. The first-order valence-corrected chi connectivity index (χ1v) is 9.39. The molecule has 0 aromatic heterocycles. The molecule has 0 aliphatic heterocycles. The molecule has 0 heterocycles. The summed E-state index contributed by atoms with van der Waals surface area (Å²) in [6.45, 7) is 6.37. The number of aliphatic imine (C=N–C) groups is 1. The van der Waals surface area contributed by atoms with Crippen LogP contribution >= 0.6 is 24.0 Å². The van der Waals surface area contributed by atoms with Gasteiger partial charge in [-0.25, -0.2) is 17.7 Å². The van der Waals surface area contributed by atoms with Crippen molar-refractivity contribution in [3.8, 4) is 0 Å². The van der Waals surface area contributed by atoms with Crippen LogP contribution in [-0.4, -0.2) is 45.9 Å². The molecule has 1 aromatic rings. The minimum absolute atomic E-state index is 0. The van der Waals surface area contributed by atoms with E-state index in [4.69, 9.17) is 0 Å². The number of nitrogens with one attached hydrogen (secondary N) is 2. The first-order valence-electron chi connectivity index (χ1n) is 7.95. The summed E-state index contributed by atoms with van der Waals surface area (Å²) in [5.74, 6) is 0.783. The van der Waals surface area contributed by atoms with E-state index >= 15 is 0 Å². The van der Waals surface area contributed by atoms with Crippen LogP contribution in [0.1, 0.15) is 32.3 Å². The second kappa shape index (κ2) is 11.6. The number of hydrogen-bond acceptors (Lipinski definition) is 3. The first-order chi connectivity index (χ1) is 10.9. The van der Waals surface area contributed by atoms with Crippen molar-refractivity contribution in [2.24, 2.45) is 4.99 Å². The van der Waals surface area contributed by atoms with Crippen LogP contribution in [0.2, 0.25) is 0 Å². The van der Waals surface area contributed by atoms with Gasteiger partial charge in [0.1, 0.15) is 0 Å². The largest absolute Gasteiger partial charge is 0.357 e. The average Bonchev–Trinajstić information content (AvgIpc) is 2.53. The average molecular weight is 468 g/mol. The van der Waals surface area contributed by atoms with Crippen LogP contribution in [-0.2, 0) is 16.6 Å². The molecular formula is C16H29IN4O2S. The highest BCUT2D eigenvalue weighted by molar-refractivity contribution is 14.0. The lowest BCUT2D eigenvalue weighted by atomic mass is 10.2. The van der Waals surface area contributed by atoms with E-state index in [-0.39, 0.29) is 24.0 Å². The van der Waals surface area contributed by atoms with E-state index < -0.39 is 10.0 Å². The number of halogens is 1.